The van der Waals surface area contributed by atoms with Crippen molar-refractivity contribution in [2.75, 3.05) is 13.6 Å². The molecule has 2 atom stereocenters. The van der Waals surface area contributed by atoms with E-state index >= 15 is 0 Å². The summed E-state index contributed by atoms with van der Waals surface area (Å²) in [5.41, 5.74) is 6.70. The summed E-state index contributed by atoms with van der Waals surface area (Å²) in [5, 5.41) is 0. The molecule has 96 valence electrons. The number of nitrogens with zero attached hydrogens (tertiary/aromatic N) is 1. The molecule has 0 saturated heterocycles. The van der Waals surface area contributed by atoms with Crippen molar-refractivity contribution in [2.45, 2.75) is 71.4 Å². The van der Waals surface area contributed by atoms with Gasteiger partial charge in [-0.25, -0.2) is 0 Å². The van der Waals surface area contributed by atoms with E-state index in [1.165, 1.54) is 38.5 Å². The van der Waals surface area contributed by atoms with E-state index in [1.54, 1.807) is 0 Å². The van der Waals surface area contributed by atoms with Gasteiger partial charge in [0.1, 0.15) is 0 Å². The Labute approximate surface area is 102 Å². The molecule has 1 aliphatic carbocycles. The Bertz CT molecular complexity index is 195. The van der Waals surface area contributed by atoms with Crippen LogP contribution in [0, 0.1) is 5.41 Å². The molecule has 0 bridgehead atoms. The van der Waals surface area contributed by atoms with Crippen LogP contribution in [0.3, 0.4) is 0 Å². The molecule has 1 fully saturated rings. The highest BCUT2D eigenvalue weighted by Gasteiger charge is 2.25. The van der Waals surface area contributed by atoms with Gasteiger partial charge in [0.25, 0.3) is 0 Å². The third-order valence-corrected chi connectivity index (χ3v) is 3.57. The van der Waals surface area contributed by atoms with Gasteiger partial charge >= 0.3 is 0 Å². The standard InChI is InChI=1S/C14H30N2/c1-14(2,3)11-16(4)13-10-8-6-5-7-9-12(13)15/h12-13H,5-11,15H2,1-4H3. The Hall–Kier alpha value is -0.0800. The fraction of sp³-hybridized carbons (Fsp3) is 1.00. The van der Waals surface area contributed by atoms with Gasteiger partial charge in [-0.05, 0) is 25.3 Å². The van der Waals surface area contributed by atoms with Crippen molar-refractivity contribution in [2.24, 2.45) is 11.1 Å². The van der Waals surface area contributed by atoms with Crippen molar-refractivity contribution in [3.05, 3.63) is 0 Å². The molecule has 2 N–H and O–H groups in total. The van der Waals surface area contributed by atoms with Gasteiger partial charge in [0.2, 0.25) is 0 Å². The lowest BCUT2D eigenvalue weighted by Gasteiger charge is -2.37. The van der Waals surface area contributed by atoms with Crippen LogP contribution in [0.5, 0.6) is 0 Å². The molecule has 0 spiro atoms. The van der Waals surface area contributed by atoms with Gasteiger partial charge in [0.15, 0.2) is 0 Å². The number of nitrogens with two attached hydrogens (primary N) is 1. The second kappa shape index (κ2) is 6.02. The average Bonchev–Trinajstić information content (AvgIpc) is 2.08. The first-order valence-corrected chi connectivity index (χ1v) is 6.86. The summed E-state index contributed by atoms with van der Waals surface area (Å²) in [6, 6.07) is 0.979. The number of hydrogen-bond donors (Lipinski definition) is 1. The van der Waals surface area contributed by atoms with E-state index in [-0.39, 0.29) is 0 Å². The summed E-state index contributed by atoms with van der Waals surface area (Å²) in [5.74, 6) is 0. The first-order valence-electron chi connectivity index (χ1n) is 6.86. The summed E-state index contributed by atoms with van der Waals surface area (Å²) in [6.45, 7) is 8.05. The van der Waals surface area contributed by atoms with Crippen molar-refractivity contribution in [1.29, 1.82) is 0 Å². The Morgan fingerprint density at radius 1 is 1.06 bits per heavy atom. The molecule has 16 heavy (non-hydrogen) atoms. The van der Waals surface area contributed by atoms with Gasteiger partial charge in [0.05, 0.1) is 0 Å². The number of likely N-dealkylation sites (N-methyl/N-ethyl adjacent to an activating group) is 1. The SMILES string of the molecule is CN(CC(C)(C)C)C1CCCCCCC1N. The lowest BCUT2D eigenvalue weighted by atomic mass is 9.89. The maximum absolute atomic E-state index is 6.33. The molecule has 2 nitrogen and oxygen atoms in total. The third kappa shape index (κ3) is 4.84. The zero-order valence-corrected chi connectivity index (χ0v) is 11.6. The predicted molar refractivity (Wildman–Crippen MR) is 71.6 cm³/mol. The van der Waals surface area contributed by atoms with E-state index in [9.17, 15) is 0 Å². The molecule has 0 aromatic rings. The first-order chi connectivity index (χ1) is 7.40. The Morgan fingerprint density at radius 3 is 2.19 bits per heavy atom. The minimum atomic E-state index is 0.372. The Kier molecular flexibility index (Phi) is 5.26. The molecule has 0 aromatic carbocycles. The van der Waals surface area contributed by atoms with Crippen LogP contribution in [0.15, 0.2) is 0 Å². The summed E-state index contributed by atoms with van der Waals surface area (Å²) in [4.78, 5) is 2.50. The van der Waals surface area contributed by atoms with E-state index in [1.807, 2.05) is 0 Å². The maximum Gasteiger partial charge on any atom is 0.0244 e. The second-order valence-electron chi connectivity index (χ2n) is 6.70. The fourth-order valence-corrected chi connectivity index (χ4v) is 2.91. The van der Waals surface area contributed by atoms with Gasteiger partial charge in [-0.2, -0.15) is 0 Å². The van der Waals surface area contributed by atoms with E-state index in [2.05, 4.69) is 32.7 Å². The molecule has 2 unspecified atom stereocenters. The molecular formula is C14H30N2. The Balaban J connectivity index is 2.52. The van der Waals surface area contributed by atoms with E-state index < -0.39 is 0 Å². The van der Waals surface area contributed by atoms with Crippen LogP contribution in [0.2, 0.25) is 0 Å². The highest BCUT2D eigenvalue weighted by atomic mass is 15.1. The molecule has 0 heterocycles. The number of rotatable bonds is 2. The van der Waals surface area contributed by atoms with Crippen LogP contribution in [-0.2, 0) is 0 Å². The van der Waals surface area contributed by atoms with E-state index in [0.717, 1.165) is 6.54 Å². The molecule has 1 saturated carbocycles. The highest BCUT2D eigenvalue weighted by molar-refractivity contribution is 4.84. The minimum absolute atomic E-state index is 0.372. The molecule has 0 aromatic heterocycles. The summed E-state index contributed by atoms with van der Waals surface area (Å²) in [6.07, 6.45) is 7.94. The van der Waals surface area contributed by atoms with Crippen LogP contribution in [-0.4, -0.2) is 30.6 Å². The zero-order valence-electron chi connectivity index (χ0n) is 11.6. The van der Waals surface area contributed by atoms with Crippen LogP contribution in [0.25, 0.3) is 0 Å². The molecule has 0 amide bonds. The number of hydrogen-bond acceptors (Lipinski definition) is 2. The van der Waals surface area contributed by atoms with Gasteiger partial charge in [-0.3, -0.25) is 0 Å². The molecule has 1 aliphatic rings. The zero-order chi connectivity index (χ0) is 12.2. The van der Waals surface area contributed by atoms with Crippen molar-refractivity contribution >= 4 is 0 Å². The van der Waals surface area contributed by atoms with Crippen LogP contribution < -0.4 is 5.73 Å². The minimum Gasteiger partial charge on any atom is -0.326 e. The third-order valence-electron chi connectivity index (χ3n) is 3.57. The molecule has 2 heteroatoms. The average molecular weight is 226 g/mol. The largest absolute Gasteiger partial charge is 0.326 e. The van der Waals surface area contributed by atoms with E-state index in [4.69, 9.17) is 5.73 Å². The molecule has 1 rings (SSSR count). The normalized spacial score (nSPS) is 28.9. The second-order valence-corrected chi connectivity index (χ2v) is 6.70. The first kappa shape index (κ1) is 14.0. The van der Waals surface area contributed by atoms with Crippen molar-refractivity contribution < 1.29 is 0 Å². The lowest BCUT2D eigenvalue weighted by molar-refractivity contribution is 0.135. The topological polar surface area (TPSA) is 29.3 Å². The fourth-order valence-electron chi connectivity index (χ4n) is 2.91. The maximum atomic E-state index is 6.33. The van der Waals surface area contributed by atoms with Gasteiger partial charge in [-0.15, -0.1) is 0 Å². The summed E-state index contributed by atoms with van der Waals surface area (Å²) >= 11 is 0. The van der Waals surface area contributed by atoms with Crippen LogP contribution in [0.1, 0.15) is 59.3 Å². The van der Waals surface area contributed by atoms with E-state index in [0.29, 0.717) is 17.5 Å². The van der Waals surface area contributed by atoms with Crippen molar-refractivity contribution in [3.8, 4) is 0 Å². The summed E-state index contributed by atoms with van der Waals surface area (Å²) in [7, 11) is 2.25. The van der Waals surface area contributed by atoms with Crippen molar-refractivity contribution in [1.82, 2.24) is 4.90 Å². The van der Waals surface area contributed by atoms with Gasteiger partial charge in [0, 0.05) is 18.6 Å². The van der Waals surface area contributed by atoms with Crippen molar-refractivity contribution in [3.63, 3.8) is 0 Å². The molecule has 0 aliphatic heterocycles. The van der Waals surface area contributed by atoms with Crippen LogP contribution >= 0.6 is 0 Å². The smallest absolute Gasteiger partial charge is 0.0244 e. The molecule has 0 radical (unpaired) electrons. The van der Waals surface area contributed by atoms with Gasteiger partial charge < -0.3 is 10.6 Å². The highest BCUT2D eigenvalue weighted by Crippen LogP contribution is 2.23. The van der Waals surface area contributed by atoms with Gasteiger partial charge in [-0.1, -0.05) is 46.5 Å². The quantitative estimate of drug-likeness (QED) is 0.784. The summed E-state index contributed by atoms with van der Waals surface area (Å²) < 4.78 is 0. The van der Waals surface area contributed by atoms with Crippen LogP contribution in [0.4, 0.5) is 0 Å². The Morgan fingerprint density at radius 2 is 1.62 bits per heavy atom. The predicted octanol–water partition coefficient (Wildman–Crippen LogP) is 3.01. The monoisotopic (exact) mass is 226 g/mol. The molecular weight excluding hydrogens is 196 g/mol. The lowest BCUT2D eigenvalue weighted by Crippen LogP contribution is -2.48.